The van der Waals surface area contributed by atoms with Crippen LogP contribution < -0.4 is 9.64 Å². The van der Waals surface area contributed by atoms with Crippen LogP contribution in [0.5, 0.6) is 5.75 Å². The predicted octanol–water partition coefficient (Wildman–Crippen LogP) is 4.62. The Morgan fingerprint density at radius 3 is 2.73 bits per heavy atom. The molecule has 0 fully saturated rings. The van der Waals surface area contributed by atoms with Crippen molar-refractivity contribution in [1.82, 2.24) is 4.98 Å². The summed E-state index contributed by atoms with van der Waals surface area (Å²) in [7, 11) is 0. The summed E-state index contributed by atoms with van der Waals surface area (Å²) >= 11 is 1.61. The van der Waals surface area contributed by atoms with Gasteiger partial charge in [0, 0.05) is 22.7 Å². The first-order chi connectivity index (χ1) is 12.6. The van der Waals surface area contributed by atoms with E-state index in [1.54, 1.807) is 11.3 Å². The summed E-state index contributed by atoms with van der Waals surface area (Å²) in [5, 5.41) is 3.03. The van der Waals surface area contributed by atoms with Gasteiger partial charge in [0.1, 0.15) is 12.4 Å². The summed E-state index contributed by atoms with van der Waals surface area (Å²) in [4.78, 5) is 19.3. The zero-order valence-corrected chi connectivity index (χ0v) is 15.6. The Kier molecular flexibility index (Phi) is 4.47. The molecule has 0 saturated heterocycles. The first-order valence-electron chi connectivity index (χ1n) is 8.67. The van der Waals surface area contributed by atoms with Crippen molar-refractivity contribution < 1.29 is 9.53 Å². The number of amides is 1. The summed E-state index contributed by atoms with van der Waals surface area (Å²) in [6.45, 7) is 4.51. The molecule has 0 unspecified atom stereocenters. The fraction of sp³-hybridized carbons (Fsp3) is 0.238. The summed E-state index contributed by atoms with van der Waals surface area (Å²) < 4.78 is 5.76. The molecule has 0 saturated carbocycles. The molecule has 2 heterocycles. The third kappa shape index (κ3) is 3.22. The molecule has 0 aliphatic carbocycles. The van der Waals surface area contributed by atoms with Crippen molar-refractivity contribution >= 4 is 22.9 Å². The van der Waals surface area contributed by atoms with Crippen LogP contribution in [-0.2, 0) is 13.0 Å². The van der Waals surface area contributed by atoms with Crippen LogP contribution in [-0.4, -0.2) is 16.9 Å². The van der Waals surface area contributed by atoms with Gasteiger partial charge in [-0.2, -0.15) is 0 Å². The Bertz CT molecular complexity index is 933. The lowest BCUT2D eigenvalue weighted by Crippen LogP contribution is -2.35. The molecule has 0 radical (unpaired) electrons. The predicted molar refractivity (Wildman–Crippen MR) is 104 cm³/mol. The molecule has 0 spiro atoms. The van der Waals surface area contributed by atoms with Gasteiger partial charge in [-0.25, -0.2) is 4.98 Å². The Morgan fingerprint density at radius 1 is 1.23 bits per heavy atom. The van der Waals surface area contributed by atoms with Gasteiger partial charge in [-0.05, 0) is 56.2 Å². The Labute approximate surface area is 157 Å². The number of nitrogens with zero attached hydrogens (tertiary/aromatic N) is 2. The van der Waals surface area contributed by atoms with E-state index in [0.29, 0.717) is 12.2 Å². The molecular formula is C21H20N2O2S. The zero-order valence-electron chi connectivity index (χ0n) is 14.8. The number of para-hydroxylation sites is 1. The number of carbonyl (C=O) groups excluding carboxylic acids is 1. The molecule has 26 heavy (non-hydrogen) atoms. The number of hydrogen-bond donors (Lipinski definition) is 0. The maximum absolute atomic E-state index is 13.0. The average Bonchev–Trinajstić information content (AvgIpc) is 3.22. The Hall–Kier alpha value is -2.66. The van der Waals surface area contributed by atoms with E-state index in [0.717, 1.165) is 28.6 Å². The van der Waals surface area contributed by atoms with Gasteiger partial charge in [-0.1, -0.05) is 18.2 Å². The van der Waals surface area contributed by atoms with Gasteiger partial charge in [-0.15, -0.1) is 11.3 Å². The summed E-state index contributed by atoms with van der Waals surface area (Å²) in [6, 6.07) is 15.6. The van der Waals surface area contributed by atoms with Gasteiger partial charge in [0.25, 0.3) is 5.91 Å². The normalized spacial score (nSPS) is 15.8. The third-order valence-electron chi connectivity index (χ3n) is 4.58. The highest BCUT2D eigenvalue weighted by Gasteiger charge is 2.31. The maximum atomic E-state index is 13.0. The molecule has 4 nitrogen and oxygen atoms in total. The van der Waals surface area contributed by atoms with E-state index >= 15 is 0 Å². The van der Waals surface area contributed by atoms with Crippen LogP contribution in [0.15, 0.2) is 53.9 Å². The van der Waals surface area contributed by atoms with E-state index in [-0.39, 0.29) is 11.9 Å². The second-order valence-corrected chi connectivity index (χ2v) is 7.59. The largest absolute Gasteiger partial charge is 0.487 e. The van der Waals surface area contributed by atoms with Crippen LogP contribution in [0.4, 0.5) is 5.69 Å². The van der Waals surface area contributed by atoms with E-state index < -0.39 is 0 Å². The molecule has 1 aliphatic rings. The molecule has 0 N–H and O–H groups in total. The first kappa shape index (κ1) is 16.8. The number of carbonyl (C=O) groups is 1. The highest BCUT2D eigenvalue weighted by atomic mass is 32.1. The van der Waals surface area contributed by atoms with Crippen molar-refractivity contribution in [3.05, 3.63) is 75.7 Å². The van der Waals surface area contributed by atoms with Crippen LogP contribution in [0.3, 0.4) is 0 Å². The van der Waals surface area contributed by atoms with Crippen molar-refractivity contribution in [2.45, 2.75) is 32.9 Å². The number of ether oxygens (including phenoxy) is 1. The smallest absolute Gasteiger partial charge is 0.258 e. The highest BCUT2D eigenvalue weighted by molar-refractivity contribution is 7.09. The number of benzene rings is 2. The number of fused-ring (bicyclic) bond motifs is 1. The zero-order chi connectivity index (χ0) is 18.1. The van der Waals surface area contributed by atoms with Crippen molar-refractivity contribution in [1.29, 1.82) is 0 Å². The van der Waals surface area contributed by atoms with Crippen LogP contribution in [0, 0.1) is 6.92 Å². The molecule has 4 rings (SSSR count). The van der Waals surface area contributed by atoms with Gasteiger partial charge in [-0.3, -0.25) is 4.79 Å². The lowest BCUT2D eigenvalue weighted by atomic mass is 10.1. The van der Waals surface area contributed by atoms with Crippen molar-refractivity contribution in [3.8, 4) is 5.75 Å². The van der Waals surface area contributed by atoms with E-state index in [1.165, 1.54) is 5.56 Å². The fourth-order valence-corrected chi connectivity index (χ4v) is 3.94. The molecule has 2 aromatic carbocycles. The lowest BCUT2D eigenvalue weighted by molar-refractivity contribution is 0.0981. The molecule has 1 aliphatic heterocycles. The number of rotatable bonds is 4. The number of anilines is 1. The second kappa shape index (κ2) is 6.92. The van der Waals surface area contributed by atoms with Crippen LogP contribution >= 0.6 is 11.3 Å². The molecule has 3 aromatic rings. The molecule has 1 amide bonds. The number of aromatic nitrogens is 1. The average molecular weight is 364 g/mol. The van der Waals surface area contributed by atoms with Crippen molar-refractivity contribution in [3.63, 3.8) is 0 Å². The minimum Gasteiger partial charge on any atom is -0.487 e. The fourth-order valence-electron chi connectivity index (χ4n) is 3.34. The SMILES string of the molecule is Cc1nc(COc2ccc(C(=O)N3c4ccccc4C[C@@H]3C)cc2)cs1. The van der Waals surface area contributed by atoms with Crippen molar-refractivity contribution in [2.75, 3.05) is 4.90 Å². The van der Waals surface area contributed by atoms with Gasteiger partial charge >= 0.3 is 0 Å². The summed E-state index contributed by atoms with van der Waals surface area (Å²) in [5.41, 5.74) is 3.84. The van der Waals surface area contributed by atoms with Crippen LogP contribution in [0.2, 0.25) is 0 Å². The number of aryl methyl sites for hydroxylation is 1. The van der Waals surface area contributed by atoms with Gasteiger partial charge < -0.3 is 9.64 Å². The number of hydrogen-bond acceptors (Lipinski definition) is 4. The van der Waals surface area contributed by atoms with Gasteiger partial charge in [0.2, 0.25) is 0 Å². The standard InChI is InChI=1S/C21H20N2O2S/c1-14-11-17-5-3-4-6-20(17)23(14)21(24)16-7-9-19(10-8-16)25-12-18-13-26-15(2)22-18/h3-10,13-14H,11-12H2,1-2H3/t14-/m0/s1. The molecule has 5 heteroatoms. The van der Waals surface area contributed by atoms with Gasteiger partial charge in [0.15, 0.2) is 0 Å². The summed E-state index contributed by atoms with van der Waals surface area (Å²) in [6.07, 6.45) is 0.899. The monoisotopic (exact) mass is 364 g/mol. The van der Waals surface area contributed by atoms with E-state index in [1.807, 2.05) is 59.7 Å². The molecule has 132 valence electrons. The Balaban J connectivity index is 1.47. The van der Waals surface area contributed by atoms with Crippen molar-refractivity contribution in [2.24, 2.45) is 0 Å². The lowest BCUT2D eigenvalue weighted by Gasteiger charge is -2.23. The molecule has 1 atom stereocenters. The van der Waals surface area contributed by atoms with E-state index in [9.17, 15) is 4.79 Å². The minimum atomic E-state index is 0.0316. The molecule has 0 bridgehead atoms. The molecule has 1 aromatic heterocycles. The number of thiazole rings is 1. The van der Waals surface area contributed by atoms with E-state index in [4.69, 9.17) is 4.74 Å². The second-order valence-electron chi connectivity index (χ2n) is 6.53. The van der Waals surface area contributed by atoms with Crippen LogP contribution in [0.1, 0.15) is 33.5 Å². The first-order valence-corrected chi connectivity index (χ1v) is 9.55. The van der Waals surface area contributed by atoms with Gasteiger partial charge in [0.05, 0.1) is 10.7 Å². The minimum absolute atomic E-state index is 0.0316. The highest BCUT2D eigenvalue weighted by Crippen LogP contribution is 2.33. The Morgan fingerprint density at radius 2 is 2.00 bits per heavy atom. The topological polar surface area (TPSA) is 42.4 Å². The third-order valence-corrected chi connectivity index (χ3v) is 5.40. The van der Waals surface area contributed by atoms with E-state index in [2.05, 4.69) is 18.0 Å². The molecular weight excluding hydrogens is 344 g/mol. The quantitative estimate of drug-likeness (QED) is 0.678. The maximum Gasteiger partial charge on any atom is 0.258 e. The summed E-state index contributed by atoms with van der Waals surface area (Å²) in [5.74, 6) is 0.770. The van der Waals surface area contributed by atoms with Crippen LogP contribution in [0.25, 0.3) is 0 Å².